The van der Waals surface area contributed by atoms with Gasteiger partial charge in [0.2, 0.25) is 5.91 Å². The van der Waals surface area contributed by atoms with E-state index in [1.807, 2.05) is 11.8 Å². The Morgan fingerprint density at radius 1 is 1.58 bits per heavy atom. The Labute approximate surface area is 73.9 Å². The van der Waals surface area contributed by atoms with E-state index in [1.54, 1.807) is 0 Å². The quantitative estimate of drug-likeness (QED) is 0.659. The molecule has 1 aliphatic heterocycles. The van der Waals surface area contributed by atoms with Gasteiger partial charge < -0.3 is 10.6 Å². The monoisotopic (exact) mass is 170 g/mol. The van der Waals surface area contributed by atoms with Crippen LogP contribution in [0.3, 0.4) is 0 Å². The largest absolute Gasteiger partial charge is 0.340 e. The van der Waals surface area contributed by atoms with E-state index in [9.17, 15) is 4.79 Å². The molecule has 0 radical (unpaired) electrons. The molecule has 0 spiro atoms. The van der Waals surface area contributed by atoms with E-state index in [0.29, 0.717) is 5.41 Å². The molecule has 0 unspecified atom stereocenters. The number of likely N-dealkylation sites (tertiary alicyclic amines) is 1. The third-order valence-corrected chi connectivity index (χ3v) is 2.31. The fourth-order valence-electron chi connectivity index (χ4n) is 1.55. The van der Waals surface area contributed by atoms with E-state index in [0.717, 1.165) is 19.5 Å². The number of amides is 1. The van der Waals surface area contributed by atoms with Crippen LogP contribution in [0.1, 0.15) is 27.2 Å². The van der Waals surface area contributed by atoms with Crippen molar-refractivity contribution in [3.8, 4) is 0 Å². The van der Waals surface area contributed by atoms with Gasteiger partial charge in [0.05, 0.1) is 6.04 Å². The molecule has 0 aromatic carbocycles. The maximum Gasteiger partial charge on any atom is 0.239 e. The second kappa shape index (κ2) is 3.05. The summed E-state index contributed by atoms with van der Waals surface area (Å²) in [5, 5.41) is 0. The lowest BCUT2D eigenvalue weighted by molar-refractivity contribution is -0.142. The summed E-state index contributed by atoms with van der Waals surface area (Å²) in [6.07, 6.45) is 0.732. The van der Waals surface area contributed by atoms with Gasteiger partial charge in [-0.25, -0.2) is 0 Å². The van der Waals surface area contributed by atoms with E-state index in [-0.39, 0.29) is 11.9 Å². The van der Waals surface area contributed by atoms with Gasteiger partial charge in [0.1, 0.15) is 0 Å². The van der Waals surface area contributed by atoms with E-state index in [1.165, 1.54) is 0 Å². The normalized spacial score (nSPS) is 23.2. The fraction of sp³-hybridized carbons (Fsp3) is 0.889. The van der Waals surface area contributed by atoms with Crippen molar-refractivity contribution in [2.24, 2.45) is 11.1 Å². The Bertz CT molecular complexity index is 181. The van der Waals surface area contributed by atoms with Gasteiger partial charge in [0, 0.05) is 13.1 Å². The molecular formula is C9H18N2O. The summed E-state index contributed by atoms with van der Waals surface area (Å²) in [4.78, 5) is 13.3. The number of carbonyl (C=O) groups is 1. The predicted octanol–water partition coefficient (Wildman–Crippen LogP) is 0.592. The highest BCUT2D eigenvalue weighted by Crippen LogP contribution is 2.28. The van der Waals surface area contributed by atoms with Crippen LogP contribution in [0.2, 0.25) is 0 Å². The molecule has 70 valence electrons. The predicted molar refractivity (Wildman–Crippen MR) is 48.6 cm³/mol. The smallest absolute Gasteiger partial charge is 0.239 e. The molecule has 1 fully saturated rings. The van der Waals surface area contributed by atoms with Crippen LogP contribution in [0, 0.1) is 5.41 Å². The van der Waals surface area contributed by atoms with Crippen molar-refractivity contribution in [2.45, 2.75) is 33.2 Å². The van der Waals surface area contributed by atoms with Crippen LogP contribution in [-0.2, 0) is 4.79 Å². The number of nitrogens with two attached hydrogens (primary N) is 1. The molecule has 0 aliphatic carbocycles. The van der Waals surface area contributed by atoms with Crippen LogP contribution < -0.4 is 5.73 Å². The Morgan fingerprint density at radius 2 is 2.08 bits per heavy atom. The fourth-order valence-corrected chi connectivity index (χ4v) is 1.55. The Kier molecular flexibility index (Phi) is 2.42. The van der Waals surface area contributed by atoms with E-state index in [4.69, 9.17) is 5.73 Å². The average Bonchev–Trinajstić information content (AvgIpc) is 1.97. The standard InChI is InChI=1S/C9H18N2O/c1-4-7(10)8(12)11-5-9(2,3)6-11/h7H,4-6,10H2,1-3H3/t7-/m1/s1. The summed E-state index contributed by atoms with van der Waals surface area (Å²) in [7, 11) is 0. The van der Waals surface area contributed by atoms with Crippen LogP contribution in [0.15, 0.2) is 0 Å². The second-order valence-corrected chi connectivity index (χ2v) is 4.37. The summed E-state index contributed by atoms with van der Waals surface area (Å²) in [5.41, 5.74) is 5.93. The second-order valence-electron chi connectivity index (χ2n) is 4.37. The molecule has 0 bridgehead atoms. The number of rotatable bonds is 2. The van der Waals surface area contributed by atoms with Gasteiger partial charge in [0.25, 0.3) is 0 Å². The first kappa shape index (κ1) is 9.52. The highest BCUT2D eigenvalue weighted by Gasteiger charge is 2.38. The van der Waals surface area contributed by atoms with E-state index in [2.05, 4.69) is 13.8 Å². The van der Waals surface area contributed by atoms with Crippen LogP contribution in [-0.4, -0.2) is 29.9 Å². The molecule has 0 aromatic heterocycles. The summed E-state index contributed by atoms with van der Waals surface area (Å²) in [5.74, 6) is 0.108. The number of carbonyl (C=O) groups excluding carboxylic acids is 1. The van der Waals surface area contributed by atoms with Gasteiger partial charge in [-0.1, -0.05) is 20.8 Å². The minimum atomic E-state index is -0.291. The topological polar surface area (TPSA) is 46.3 Å². The first-order valence-electron chi connectivity index (χ1n) is 4.50. The molecule has 0 aromatic rings. The van der Waals surface area contributed by atoms with Crippen molar-refractivity contribution in [2.75, 3.05) is 13.1 Å². The van der Waals surface area contributed by atoms with Crippen molar-refractivity contribution in [1.29, 1.82) is 0 Å². The molecule has 1 amide bonds. The van der Waals surface area contributed by atoms with Crippen LogP contribution >= 0.6 is 0 Å². The lowest BCUT2D eigenvalue weighted by Crippen LogP contribution is -2.59. The maximum atomic E-state index is 11.4. The SMILES string of the molecule is CC[C@@H](N)C(=O)N1CC(C)(C)C1. The molecular weight excluding hydrogens is 152 g/mol. The minimum absolute atomic E-state index is 0.108. The molecule has 1 saturated heterocycles. The zero-order valence-electron chi connectivity index (χ0n) is 8.13. The highest BCUT2D eigenvalue weighted by atomic mass is 16.2. The van der Waals surface area contributed by atoms with Gasteiger partial charge in [-0.2, -0.15) is 0 Å². The summed E-state index contributed by atoms with van der Waals surface area (Å²) >= 11 is 0. The number of hydrogen-bond acceptors (Lipinski definition) is 2. The van der Waals surface area contributed by atoms with Gasteiger partial charge in [-0.05, 0) is 11.8 Å². The zero-order chi connectivity index (χ0) is 9.35. The lowest BCUT2D eigenvalue weighted by Gasteiger charge is -2.46. The van der Waals surface area contributed by atoms with Crippen LogP contribution in [0.5, 0.6) is 0 Å². The van der Waals surface area contributed by atoms with Gasteiger partial charge in [-0.3, -0.25) is 4.79 Å². The number of hydrogen-bond donors (Lipinski definition) is 1. The van der Waals surface area contributed by atoms with Crippen molar-refractivity contribution < 1.29 is 4.79 Å². The molecule has 2 N–H and O–H groups in total. The Hall–Kier alpha value is -0.570. The minimum Gasteiger partial charge on any atom is -0.340 e. The van der Waals surface area contributed by atoms with E-state index >= 15 is 0 Å². The molecule has 1 aliphatic rings. The first-order chi connectivity index (χ1) is 5.46. The zero-order valence-corrected chi connectivity index (χ0v) is 8.13. The maximum absolute atomic E-state index is 11.4. The summed E-state index contributed by atoms with van der Waals surface area (Å²) in [6, 6.07) is -0.291. The third kappa shape index (κ3) is 1.78. The van der Waals surface area contributed by atoms with Crippen LogP contribution in [0.4, 0.5) is 0 Å². The van der Waals surface area contributed by atoms with Gasteiger partial charge in [0.15, 0.2) is 0 Å². The molecule has 3 heteroatoms. The highest BCUT2D eigenvalue weighted by molar-refractivity contribution is 5.82. The van der Waals surface area contributed by atoms with Gasteiger partial charge in [-0.15, -0.1) is 0 Å². The molecule has 1 rings (SSSR count). The molecule has 1 heterocycles. The molecule has 1 atom stereocenters. The van der Waals surface area contributed by atoms with Crippen LogP contribution in [0.25, 0.3) is 0 Å². The van der Waals surface area contributed by atoms with Crippen molar-refractivity contribution in [3.63, 3.8) is 0 Å². The number of nitrogens with zero attached hydrogens (tertiary/aromatic N) is 1. The first-order valence-corrected chi connectivity index (χ1v) is 4.50. The van der Waals surface area contributed by atoms with Crippen molar-refractivity contribution in [1.82, 2.24) is 4.90 Å². The third-order valence-electron chi connectivity index (χ3n) is 2.31. The van der Waals surface area contributed by atoms with Gasteiger partial charge >= 0.3 is 0 Å². The molecule has 3 nitrogen and oxygen atoms in total. The Morgan fingerprint density at radius 3 is 2.42 bits per heavy atom. The summed E-state index contributed by atoms with van der Waals surface area (Å²) < 4.78 is 0. The Balaban J connectivity index is 2.38. The average molecular weight is 170 g/mol. The molecule has 12 heavy (non-hydrogen) atoms. The van der Waals surface area contributed by atoms with E-state index < -0.39 is 0 Å². The molecule has 0 saturated carbocycles. The van der Waals surface area contributed by atoms with Crippen molar-refractivity contribution >= 4 is 5.91 Å². The lowest BCUT2D eigenvalue weighted by atomic mass is 9.84. The summed E-state index contributed by atoms with van der Waals surface area (Å²) in [6.45, 7) is 7.98. The van der Waals surface area contributed by atoms with Crippen molar-refractivity contribution in [3.05, 3.63) is 0 Å².